The molecule has 0 aliphatic carbocycles. The summed E-state index contributed by atoms with van der Waals surface area (Å²) in [5.41, 5.74) is 0. The lowest BCUT2D eigenvalue weighted by atomic mass is 10.1. The Kier molecular flexibility index (Phi) is 8.21. The maximum Gasteiger partial charge on any atom is 0.307 e. The Bertz CT molecular complexity index is 193. The smallest absolute Gasteiger partial charge is 0.307 e. The van der Waals surface area contributed by atoms with Crippen molar-refractivity contribution < 1.29 is 14.6 Å². The summed E-state index contributed by atoms with van der Waals surface area (Å²) in [6, 6.07) is 0.456. The number of carbonyl (C=O) groups is 1. The molecule has 0 aromatic heterocycles. The molecular formula is C12H25NO3. The molecule has 4 heteroatoms. The third-order valence-electron chi connectivity index (χ3n) is 2.97. The van der Waals surface area contributed by atoms with Crippen LogP contribution >= 0.6 is 0 Å². The molecule has 0 radical (unpaired) electrons. The molecule has 1 unspecified atom stereocenters. The zero-order valence-electron chi connectivity index (χ0n) is 10.9. The summed E-state index contributed by atoms with van der Waals surface area (Å²) >= 11 is 0. The third-order valence-corrected chi connectivity index (χ3v) is 2.97. The van der Waals surface area contributed by atoms with Crippen LogP contribution in [0, 0.1) is 5.92 Å². The summed E-state index contributed by atoms with van der Waals surface area (Å²) in [5.74, 6) is -1.05. The van der Waals surface area contributed by atoms with E-state index in [9.17, 15) is 4.79 Å². The Morgan fingerprint density at radius 1 is 1.38 bits per heavy atom. The van der Waals surface area contributed by atoms with Crippen LogP contribution in [0.1, 0.15) is 33.6 Å². The molecule has 0 saturated carbocycles. The van der Waals surface area contributed by atoms with Crippen molar-refractivity contribution in [2.24, 2.45) is 5.92 Å². The average Bonchev–Trinajstić information content (AvgIpc) is 2.26. The molecule has 0 heterocycles. The fourth-order valence-electron chi connectivity index (χ4n) is 1.87. The van der Waals surface area contributed by atoms with Crippen LogP contribution < -0.4 is 0 Å². The van der Waals surface area contributed by atoms with Crippen molar-refractivity contribution in [3.8, 4) is 0 Å². The minimum Gasteiger partial charge on any atom is -0.481 e. The first-order chi connectivity index (χ1) is 7.56. The molecule has 0 aliphatic heterocycles. The number of hydrogen-bond acceptors (Lipinski definition) is 3. The Hall–Kier alpha value is -0.610. The predicted octanol–water partition coefficient (Wildman–Crippen LogP) is 1.84. The van der Waals surface area contributed by atoms with Gasteiger partial charge in [-0.1, -0.05) is 20.8 Å². The molecule has 1 N–H and O–H groups in total. The van der Waals surface area contributed by atoms with Crippen LogP contribution in [0.3, 0.4) is 0 Å². The van der Waals surface area contributed by atoms with Gasteiger partial charge in [0.2, 0.25) is 0 Å². The van der Waals surface area contributed by atoms with Crippen LogP contribution in [0.5, 0.6) is 0 Å². The molecule has 0 fully saturated rings. The van der Waals surface area contributed by atoms with E-state index in [0.717, 1.165) is 19.4 Å². The first-order valence-corrected chi connectivity index (χ1v) is 6.02. The zero-order chi connectivity index (χ0) is 12.6. The zero-order valence-corrected chi connectivity index (χ0v) is 10.9. The summed E-state index contributed by atoms with van der Waals surface area (Å²) in [5, 5.41) is 8.93. The van der Waals surface area contributed by atoms with E-state index >= 15 is 0 Å². The number of carboxylic acids is 1. The molecule has 0 rings (SSSR count). The highest BCUT2D eigenvalue weighted by atomic mass is 16.5. The lowest BCUT2D eigenvalue weighted by Crippen LogP contribution is -2.41. The fourth-order valence-corrected chi connectivity index (χ4v) is 1.87. The van der Waals surface area contributed by atoms with Crippen LogP contribution in [-0.4, -0.2) is 48.8 Å². The van der Waals surface area contributed by atoms with Gasteiger partial charge in [0.05, 0.1) is 12.5 Å². The summed E-state index contributed by atoms with van der Waals surface area (Å²) < 4.78 is 5.06. The number of hydrogen-bond donors (Lipinski definition) is 1. The highest BCUT2D eigenvalue weighted by Crippen LogP contribution is 2.11. The number of nitrogens with zero attached hydrogens (tertiary/aromatic N) is 1. The van der Waals surface area contributed by atoms with Gasteiger partial charge in [0.15, 0.2) is 0 Å². The average molecular weight is 231 g/mol. The highest BCUT2D eigenvalue weighted by molar-refractivity contribution is 5.69. The van der Waals surface area contributed by atoms with Gasteiger partial charge in [0.25, 0.3) is 0 Å². The standard InChI is InChI=1S/C12H25NO3/c1-5-11(6-2)13(7-8-16-4)9-10(3)12(14)15/h10-11H,5-9H2,1-4H3,(H,14,15). The predicted molar refractivity (Wildman–Crippen MR) is 64.6 cm³/mol. The van der Waals surface area contributed by atoms with Crippen LogP contribution in [0.15, 0.2) is 0 Å². The quantitative estimate of drug-likeness (QED) is 0.658. The van der Waals surface area contributed by atoms with Crippen LogP contribution in [0.4, 0.5) is 0 Å². The Morgan fingerprint density at radius 3 is 2.31 bits per heavy atom. The molecule has 0 saturated heterocycles. The maximum absolute atomic E-state index is 10.8. The fraction of sp³-hybridized carbons (Fsp3) is 0.917. The lowest BCUT2D eigenvalue weighted by molar-refractivity contribution is -0.142. The second-order valence-corrected chi connectivity index (χ2v) is 4.20. The van der Waals surface area contributed by atoms with E-state index in [1.807, 2.05) is 0 Å². The van der Waals surface area contributed by atoms with Gasteiger partial charge in [-0.05, 0) is 12.8 Å². The maximum atomic E-state index is 10.8. The molecular weight excluding hydrogens is 206 g/mol. The number of carboxylic acid groups (broad SMARTS) is 1. The number of rotatable bonds is 9. The van der Waals surface area contributed by atoms with Crippen molar-refractivity contribution in [2.75, 3.05) is 26.8 Å². The van der Waals surface area contributed by atoms with Gasteiger partial charge in [0, 0.05) is 26.2 Å². The van der Waals surface area contributed by atoms with Crippen LogP contribution in [0.2, 0.25) is 0 Å². The van der Waals surface area contributed by atoms with E-state index in [0.29, 0.717) is 19.2 Å². The van der Waals surface area contributed by atoms with Crippen LogP contribution in [0.25, 0.3) is 0 Å². The molecule has 1 atom stereocenters. The second-order valence-electron chi connectivity index (χ2n) is 4.20. The van der Waals surface area contributed by atoms with Gasteiger partial charge < -0.3 is 9.84 Å². The van der Waals surface area contributed by atoms with Gasteiger partial charge in [-0.25, -0.2) is 0 Å². The summed E-state index contributed by atoms with van der Waals surface area (Å²) in [6.45, 7) is 8.09. The van der Waals surface area contributed by atoms with Gasteiger partial charge in [-0.15, -0.1) is 0 Å². The Morgan fingerprint density at radius 2 is 1.94 bits per heavy atom. The van der Waals surface area contributed by atoms with Crippen molar-refractivity contribution >= 4 is 5.97 Å². The minimum atomic E-state index is -0.728. The van der Waals surface area contributed by atoms with E-state index in [1.165, 1.54) is 0 Å². The molecule has 0 aromatic rings. The van der Waals surface area contributed by atoms with E-state index < -0.39 is 5.97 Å². The molecule has 0 aromatic carbocycles. The van der Waals surface area contributed by atoms with E-state index in [-0.39, 0.29) is 5.92 Å². The van der Waals surface area contributed by atoms with Gasteiger partial charge in [-0.3, -0.25) is 9.69 Å². The minimum absolute atomic E-state index is 0.322. The normalized spacial score (nSPS) is 13.4. The third kappa shape index (κ3) is 5.47. The second kappa shape index (κ2) is 8.53. The molecule has 16 heavy (non-hydrogen) atoms. The van der Waals surface area contributed by atoms with E-state index in [2.05, 4.69) is 18.7 Å². The Labute approximate surface area is 98.6 Å². The molecule has 0 bridgehead atoms. The van der Waals surface area contributed by atoms with Crippen molar-refractivity contribution in [3.05, 3.63) is 0 Å². The molecule has 96 valence electrons. The van der Waals surface area contributed by atoms with Crippen molar-refractivity contribution in [1.29, 1.82) is 0 Å². The topological polar surface area (TPSA) is 49.8 Å². The highest BCUT2D eigenvalue weighted by Gasteiger charge is 2.20. The van der Waals surface area contributed by atoms with Gasteiger partial charge in [0.1, 0.15) is 0 Å². The molecule has 4 nitrogen and oxygen atoms in total. The number of ether oxygens (including phenoxy) is 1. The summed E-state index contributed by atoms with van der Waals surface area (Å²) in [7, 11) is 1.67. The SMILES string of the molecule is CCC(CC)N(CCOC)CC(C)C(=O)O. The van der Waals surface area contributed by atoms with E-state index in [4.69, 9.17) is 9.84 Å². The van der Waals surface area contributed by atoms with Crippen molar-refractivity contribution in [3.63, 3.8) is 0 Å². The Balaban J connectivity index is 4.34. The summed E-state index contributed by atoms with van der Waals surface area (Å²) in [6.07, 6.45) is 2.10. The van der Waals surface area contributed by atoms with Gasteiger partial charge >= 0.3 is 5.97 Å². The van der Waals surface area contributed by atoms with Gasteiger partial charge in [-0.2, -0.15) is 0 Å². The molecule has 0 aliphatic rings. The molecule has 0 spiro atoms. The first kappa shape index (κ1) is 15.4. The number of aliphatic carboxylic acids is 1. The number of methoxy groups -OCH3 is 1. The van der Waals surface area contributed by atoms with Crippen molar-refractivity contribution in [1.82, 2.24) is 4.90 Å². The van der Waals surface area contributed by atoms with Crippen molar-refractivity contribution in [2.45, 2.75) is 39.7 Å². The first-order valence-electron chi connectivity index (χ1n) is 6.02. The largest absolute Gasteiger partial charge is 0.481 e. The van der Waals surface area contributed by atoms with E-state index in [1.54, 1.807) is 14.0 Å². The summed E-state index contributed by atoms with van der Waals surface area (Å²) in [4.78, 5) is 13.1. The molecule has 0 amide bonds. The van der Waals surface area contributed by atoms with Crippen LogP contribution in [-0.2, 0) is 9.53 Å². The monoisotopic (exact) mass is 231 g/mol. The lowest BCUT2D eigenvalue weighted by Gasteiger charge is -2.31.